The molecular formula is C17H17Cl2N3O. The highest BCUT2D eigenvalue weighted by atomic mass is 35.5. The van der Waals surface area contributed by atoms with Gasteiger partial charge in [-0.3, -0.25) is 4.79 Å². The molecule has 0 saturated carbocycles. The Morgan fingerprint density at radius 2 is 1.91 bits per heavy atom. The molecule has 1 N–H and O–H groups in total. The summed E-state index contributed by atoms with van der Waals surface area (Å²) in [6, 6.07) is 8.53. The largest absolute Gasteiger partial charge is 0.356 e. The van der Waals surface area contributed by atoms with Gasteiger partial charge in [-0.25, -0.2) is 4.98 Å². The van der Waals surface area contributed by atoms with Gasteiger partial charge in [0.05, 0.1) is 16.3 Å². The van der Waals surface area contributed by atoms with Crippen molar-refractivity contribution in [2.45, 2.75) is 19.3 Å². The molecule has 1 fully saturated rings. The van der Waals surface area contributed by atoms with Crippen molar-refractivity contribution in [2.75, 3.05) is 23.3 Å². The van der Waals surface area contributed by atoms with Crippen LogP contribution in [-0.4, -0.2) is 24.0 Å². The van der Waals surface area contributed by atoms with Gasteiger partial charge in [0.1, 0.15) is 5.82 Å². The van der Waals surface area contributed by atoms with Gasteiger partial charge in [-0.05, 0) is 49.6 Å². The summed E-state index contributed by atoms with van der Waals surface area (Å²) in [7, 11) is 0. The number of anilines is 2. The molecule has 3 rings (SSSR count). The van der Waals surface area contributed by atoms with Gasteiger partial charge in [-0.15, -0.1) is 0 Å². The van der Waals surface area contributed by atoms with Crippen molar-refractivity contribution < 1.29 is 4.79 Å². The minimum atomic E-state index is -0.233. The highest BCUT2D eigenvalue weighted by molar-refractivity contribution is 6.36. The molecule has 0 bridgehead atoms. The molecule has 0 spiro atoms. The molecule has 2 heterocycles. The van der Waals surface area contributed by atoms with Crippen LogP contribution in [0.25, 0.3) is 0 Å². The fourth-order valence-corrected chi connectivity index (χ4v) is 3.05. The van der Waals surface area contributed by atoms with Crippen LogP contribution in [0.5, 0.6) is 0 Å². The zero-order valence-electron chi connectivity index (χ0n) is 12.6. The van der Waals surface area contributed by atoms with Gasteiger partial charge in [0.25, 0.3) is 5.91 Å². The Bertz CT molecular complexity index is 715. The van der Waals surface area contributed by atoms with Crippen molar-refractivity contribution in [2.24, 2.45) is 0 Å². The quantitative estimate of drug-likeness (QED) is 0.878. The van der Waals surface area contributed by atoms with Crippen LogP contribution in [0.3, 0.4) is 0 Å². The van der Waals surface area contributed by atoms with Crippen LogP contribution in [0.2, 0.25) is 10.0 Å². The maximum atomic E-state index is 12.7. The van der Waals surface area contributed by atoms with Crippen LogP contribution in [0, 0.1) is 0 Å². The monoisotopic (exact) mass is 349 g/mol. The van der Waals surface area contributed by atoms with Gasteiger partial charge >= 0.3 is 0 Å². The van der Waals surface area contributed by atoms with E-state index in [2.05, 4.69) is 15.2 Å². The lowest BCUT2D eigenvalue weighted by atomic mass is 10.1. The second kappa shape index (κ2) is 7.20. The van der Waals surface area contributed by atoms with E-state index in [0.29, 0.717) is 21.3 Å². The Balaban J connectivity index is 1.86. The molecule has 1 aliphatic rings. The van der Waals surface area contributed by atoms with Gasteiger partial charge in [0.2, 0.25) is 0 Å². The van der Waals surface area contributed by atoms with Crippen LogP contribution in [0.4, 0.5) is 11.5 Å². The number of amides is 1. The number of rotatable bonds is 3. The summed E-state index contributed by atoms with van der Waals surface area (Å²) in [5, 5.41) is 3.80. The minimum absolute atomic E-state index is 0.233. The van der Waals surface area contributed by atoms with Crippen LogP contribution in [0.15, 0.2) is 36.5 Å². The lowest BCUT2D eigenvalue weighted by Crippen LogP contribution is -2.32. The number of benzene rings is 1. The number of hydrogen-bond acceptors (Lipinski definition) is 3. The number of nitrogens with one attached hydrogen (secondary N) is 1. The molecule has 23 heavy (non-hydrogen) atoms. The summed E-state index contributed by atoms with van der Waals surface area (Å²) in [6.07, 6.45) is 5.19. The first-order valence-electron chi connectivity index (χ1n) is 7.61. The molecule has 1 saturated heterocycles. The van der Waals surface area contributed by atoms with E-state index in [1.165, 1.54) is 6.42 Å². The van der Waals surface area contributed by atoms with E-state index < -0.39 is 0 Å². The van der Waals surface area contributed by atoms with Gasteiger partial charge in [0.15, 0.2) is 0 Å². The van der Waals surface area contributed by atoms with Crippen molar-refractivity contribution in [1.82, 2.24) is 4.98 Å². The molecule has 1 aliphatic heterocycles. The summed E-state index contributed by atoms with van der Waals surface area (Å²) in [4.78, 5) is 19.2. The Labute approximate surface area is 145 Å². The first kappa shape index (κ1) is 16.1. The van der Waals surface area contributed by atoms with Crippen molar-refractivity contribution in [3.63, 3.8) is 0 Å². The number of nitrogens with zero attached hydrogens (tertiary/aromatic N) is 2. The van der Waals surface area contributed by atoms with Crippen LogP contribution in [-0.2, 0) is 0 Å². The van der Waals surface area contributed by atoms with Gasteiger partial charge in [0, 0.05) is 24.3 Å². The van der Waals surface area contributed by atoms with E-state index in [0.717, 1.165) is 31.7 Å². The predicted molar refractivity (Wildman–Crippen MR) is 94.7 cm³/mol. The smallest absolute Gasteiger partial charge is 0.259 e. The maximum Gasteiger partial charge on any atom is 0.259 e. The third-order valence-corrected chi connectivity index (χ3v) is 4.43. The molecule has 0 radical (unpaired) electrons. The standard InChI is InChI=1S/C17H17Cl2N3O/c18-12-6-7-14(19)15(11-12)21-17(23)13-5-4-8-20-16(13)22-9-2-1-3-10-22/h4-8,11H,1-3,9-10H2,(H,21,23). The molecule has 120 valence electrons. The molecule has 4 nitrogen and oxygen atoms in total. The lowest BCUT2D eigenvalue weighted by Gasteiger charge is -2.29. The third kappa shape index (κ3) is 3.77. The van der Waals surface area contributed by atoms with Crippen molar-refractivity contribution in [3.05, 3.63) is 52.1 Å². The van der Waals surface area contributed by atoms with Crippen molar-refractivity contribution >= 4 is 40.6 Å². The maximum absolute atomic E-state index is 12.7. The molecule has 2 aromatic rings. The van der Waals surface area contributed by atoms with Crippen molar-refractivity contribution in [1.29, 1.82) is 0 Å². The number of hydrogen-bond donors (Lipinski definition) is 1. The Morgan fingerprint density at radius 1 is 1.13 bits per heavy atom. The molecule has 0 unspecified atom stereocenters. The summed E-state index contributed by atoms with van der Waals surface area (Å²) in [6.45, 7) is 1.85. The molecular weight excluding hydrogens is 333 g/mol. The number of halogens is 2. The average Bonchev–Trinajstić information content (AvgIpc) is 2.59. The Hall–Kier alpha value is -1.78. The number of aromatic nitrogens is 1. The zero-order chi connectivity index (χ0) is 16.2. The summed E-state index contributed by atoms with van der Waals surface area (Å²) < 4.78 is 0. The van der Waals surface area contributed by atoms with Crippen LogP contribution < -0.4 is 10.2 Å². The van der Waals surface area contributed by atoms with E-state index in [1.807, 2.05) is 0 Å². The predicted octanol–water partition coefficient (Wildman–Crippen LogP) is 4.63. The van der Waals surface area contributed by atoms with Crippen molar-refractivity contribution in [3.8, 4) is 0 Å². The number of carbonyl (C=O) groups is 1. The highest BCUT2D eigenvalue weighted by Gasteiger charge is 2.20. The van der Waals surface area contributed by atoms with E-state index >= 15 is 0 Å². The summed E-state index contributed by atoms with van der Waals surface area (Å²) in [5.41, 5.74) is 1.04. The zero-order valence-corrected chi connectivity index (χ0v) is 14.1. The fraction of sp³-hybridized carbons (Fsp3) is 0.294. The SMILES string of the molecule is O=C(Nc1cc(Cl)ccc1Cl)c1cccnc1N1CCCCC1. The number of pyridine rings is 1. The summed E-state index contributed by atoms with van der Waals surface area (Å²) >= 11 is 12.1. The highest BCUT2D eigenvalue weighted by Crippen LogP contribution is 2.27. The first-order chi connectivity index (χ1) is 11.1. The van der Waals surface area contributed by atoms with E-state index in [9.17, 15) is 4.79 Å². The molecule has 0 aliphatic carbocycles. The topological polar surface area (TPSA) is 45.2 Å². The number of piperidine rings is 1. The van der Waals surface area contributed by atoms with Gasteiger partial charge in [-0.2, -0.15) is 0 Å². The van der Waals surface area contributed by atoms with Gasteiger partial charge < -0.3 is 10.2 Å². The normalized spacial score (nSPS) is 14.6. The van der Waals surface area contributed by atoms with Crippen LogP contribution in [0.1, 0.15) is 29.6 Å². The fourth-order valence-electron chi connectivity index (χ4n) is 2.71. The average molecular weight is 350 g/mol. The van der Waals surface area contributed by atoms with Gasteiger partial charge in [-0.1, -0.05) is 23.2 Å². The Morgan fingerprint density at radius 3 is 2.70 bits per heavy atom. The summed E-state index contributed by atoms with van der Waals surface area (Å²) in [5.74, 6) is 0.491. The molecule has 6 heteroatoms. The Kier molecular flexibility index (Phi) is 5.03. The molecule has 0 atom stereocenters. The lowest BCUT2D eigenvalue weighted by molar-refractivity contribution is 0.102. The molecule has 1 aromatic heterocycles. The number of carbonyl (C=O) groups excluding carboxylic acids is 1. The second-order valence-electron chi connectivity index (χ2n) is 5.50. The second-order valence-corrected chi connectivity index (χ2v) is 6.34. The van der Waals surface area contributed by atoms with E-state index in [1.54, 1.807) is 36.5 Å². The minimum Gasteiger partial charge on any atom is -0.356 e. The molecule has 1 aromatic carbocycles. The first-order valence-corrected chi connectivity index (χ1v) is 8.37. The van der Waals surface area contributed by atoms with Crippen LogP contribution >= 0.6 is 23.2 Å². The third-order valence-electron chi connectivity index (χ3n) is 3.86. The van der Waals surface area contributed by atoms with E-state index in [4.69, 9.17) is 23.2 Å². The van der Waals surface area contributed by atoms with E-state index in [-0.39, 0.29) is 5.91 Å². The molecule has 1 amide bonds.